The maximum Gasteiger partial charge on any atom is 0.226 e. The molecule has 0 unspecified atom stereocenters. The second-order valence-corrected chi connectivity index (χ2v) is 7.36. The van der Waals surface area contributed by atoms with E-state index >= 15 is 0 Å². The molecule has 8 heteroatoms. The van der Waals surface area contributed by atoms with Gasteiger partial charge in [-0.25, -0.2) is 4.98 Å². The molecule has 1 fully saturated rings. The first kappa shape index (κ1) is 19.1. The third kappa shape index (κ3) is 3.83. The van der Waals surface area contributed by atoms with Crippen molar-refractivity contribution in [3.8, 4) is 11.5 Å². The number of nitrogens with one attached hydrogen (secondary N) is 1. The molecular formula is C20H25ClN6O. The summed E-state index contributed by atoms with van der Waals surface area (Å²) in [6, 6.07) is 10.1. The molecule has 4 heterocycles. The Kier molecular flexibility index (Phi) is 5.75. The first-order valence-electron chi connectivity index (χ1n) is 9.72. The van der Waals surface area contributed by atoms with Crippen LogP contribution in [-0.2, 0) is 19.6 Å². The first-order chi connectivity index (χ1) is 13.4. The normalized spacial score (nSPS) is 17.9. The molecule has 0 amide bonds. The molecule has 0 atom stereocenters. The Morgan fingerprint density at radius 3 is 2.71 bits per heavy atom. The van der Waals surface area contributed by atoms with Crippen LogP contribution in [0.1, 0.15) is 36.1 Å². The van der Waals surface area contributed by atoms with Crippen molar-refractivity contribution >= 4 is 12.4 Å². The fourth-order valence-electron chi connectivity index (χ4n) is 4.09. The summed E-state index contributed by atoms with van der Waals surface area (Å²) in [5.41, 5.74) is 2.02. The van der Waals surface area contributed by atoms with Crippen LogP contribution in [0.5, 0.6) is 0 Å². The van der Waals surface area contributed by atoms with Crippen LogP contribution in [0.4, 0.5) is 0 Å². The molecule has 1 saturated heterocycles. The minimum absolute atomic E-state index is 0. The highest BCUT2D eigenvalue weighted by atomic mass is 35.5. The Labute approximate surface area is 170 Å². The molecule has 7 nitrogen and oxygen atoms in total. The Balaban J connectivity index is 0.00000192. The van der Waals surface area contributed by atoms with Crippen LogP contribution in [0.15, 0.2) is 41.0 Å². The SMILES string of the molecule is Cl.c1ccc(-c2nc(CN3CCC(c4nnc5n4CCNC5)CC3)co2)cc1. The molecule has 5 rings (SSSR count). The molecule has 0 bridgehead atoms. The highest BCUT2D eigenvalue weighted by Crippen LogP contribution is 2.28. The maximum atomic E-state index is 5.67. The third-order valence-corrected chi connectivity index (χ3v) is 5.56. The van der Waals surface area contributed by atoms with Crippen LogP contribution >= 0.6 is 12.4 Å². The third-order valence-electron chi connectivity index (χ3n) is 5.56. The van der Waals surface area contributed by atoms with Crippen molar-refractivity contribution in [1.29, 1.82) is 0 Å². The number of piperidine rings is 1. The van der Waals surface area contributed by atoms with Crippen LogP contribution in [0, 0.1) is 0 Å². The van der Waals surface area contributed by atoms with E-state index in [2.05, 4.69) is 30.0 Å². The van der Waals surface area contributed by atoms with Crippen molar-refractivity contribution in [3.63, 3.8) is 0 Å². The highest BCUT2D eigenvalue weighted by molar-refractivity contribution is 5.85. The first-order valence-corrected chi connectivity index (χ1v) is 9.72. The molecule has 0 saturated carbocycles. The van der Waals surface area contributed by atoms with Crippen molar-refractivity contribution < 1.29 is 4.42 Å². The number of likely N-dealkylation sites (tertiary alicyclic amines) is 1. The Bertz CT molecular complexity index is 901. The lowest BCUT2D eigenvalue weighted by atomic mass is 9.95. The zero-order valence-electron chi connectivity index (χ0n) is 15.8. The second-order valence-electron chi connectivity index (χ2n) is 7.36. The predicted octanol–water partition coefficient (Wildman–Crippen LogP) is 2.84. The van der Waals surface area contributed by atoms with E-state index in [1.807, 2.05) is 30.3 Å². The average Bonchev–Trinajstić information content (AvgIpc) is 3.37. The number of benzene rings is 1. The van der Waals surface area contributed by atoms with Gasteiger partial charge in [0.1, 0.15) is 17.9 Å². The van der Waals surface area contributed by atoms with Crippen LogP contribution < -0.4 is 5.32 Å². The van der Waals surface area contributed by atoms with E-state index in [0.717, 1.165) is 69.2 Å². The molecule has 0 radical (unpaired) electrons. The van der Waals surface area contributed by atoms with Crippen molar-refractivity contribution in [1.82, 2.24) is 30.0 Å². The molecule has 3 aromatic rings. The van der Waals surface area contributed by atoms with Crippen molar-refractivity contribution in [3.05, 3.63) is 53.9 Å². The minimum Gasteiger partial charge on any atom is -0.444 e. The van der Waals surface area contributed by atoms with Crippen LogP contribution in [0.2, 0.25) is 0 Å². The lowest BCUT2D eigenvalue weighted by Gasteiger charge is -2.31. The summed E-state index contributed by atoms with van der Waals surface area (Å²) in [6.45, 7) is 5.77. The van der Waals surface area contributed by atoms with Crippen molar-refractivity contribution in [2.45, 2.75) is 38.4 Å². The van der Waals surface area contributed by atoms with Gasteiger partial charge >= 0.3 is 0 Å². The monoisotopic (exact) mass is 400 g/mol. The molecule has 28 heavy (non-hydrogen) atoms. The lowest BCUT2D eigenvalue weighted by Crippen LogP contribution is -2.34. The van der Waals surface area contributed by atoms with Crippen molar-refractivity contribution in [2.75, 3.05) is 19.6 Å². The van der Waals surface area contributed by atoms with Crippen molar-refractivity contribution in [2.24, 2.45) is 0 Å². The van der Waals surface area contributed by atoms with Gasteiger partial charge < -0.3 is 14.3 Å². The van der Waals surface area contributed by atoms with E-state index in [-0.39, 0.29) is 12.4 Å². The molecule has 0 spiro atoms. The molecule has 2 aromatic heterocycles. The average molecular weight is 401 g/mol. The van der Waals surface area contributed by atoms with E-state index in [4.69, 9.17) is 4.42 Å². The summed E-state index contributed by atoms with van der Waals surface area (Å²) in [7, 11) is 0. The lowest BCUT2D eigenvalue weighted by molar-refractivity contribution is 0.197. The zero-order valence-corrected chi connectivity index (χ0v) is 16.6. The number of aromatic nitrogens is 4. The molecule has 2 aliphatic rings. The van der Waals surface area contributed by atoms with E-state index < -0.39 is 0 Å². The number of oxazole rings is 1. The van der Waals surface area contributed by atoms with Gasteiger partial charge in [-0.1, -0.05) is 18.2 Å². The standard InChI is InChI=1S/C20H24N6O.ClH/c1-2-4-16(5-3-1)20-22-17(14-27-20)13-25-9-6-15(7-10-25)19-24-23-18-12-21-8-11-26(18)19;/h1-5,14-15,21H,6-13H2;1H. The van der Waals surface area contributed by atoms with E-state index in [0.29, 0.717) is 11.8 Å². The summed E-state index contributed by atoms with van der Waals surface area (Å²) in [6.07, 6.45) is 4.03. The molecular weight excluding hydrogens is 376 g/mol. The van der Waals surface area contributed by atoms with Gasteiger partial charge in [-0.15, -0.1) is 22.6 Å². The van der Waals surface area contributed by atoms with Gasteiger partial charge in [-0.2, -0.15) is 0 Å². The number of rotatable bonds is 4. The molecule has 148 valence electrons. The number of fused-ring (bicyclic) bond motifs is 1. The summed E-state index contributed by atoms with van der Waals surface area (Å²) < 4.78 is 7.99. The highest BCUT2D eigenvalue weighted by Gasteiger charge is 2.27. The van der Waals surface area contributed by atoms with Gasteiger partial charge in [0.05, 0.1) is 12.2 Å². The molecule has 1 aromatic carbocycles. The van der Waals surface area contributed by atoms with E-state index in [9.17, 15) is 0 Å². The summed E-state index contributed by atoms with van der Waals surface area (Å²) in [5.74, 6) is 3.47. The van der Waals surface area contributed by atoms with Gasteiger partial charge in [0.15, 0.2) is 0 Å². The maximum absolute atomic E-state index is 5.67. The fraction of sp³-hybridized carbons (Fsp3) is 0.450. The fourth-order valence-corrected chi connectivity index (χ4v) is 4.09. The number of halogens is 1. The number of hydrogen-bond acceptors (Lipinski definition) is 6. The zero-order chi connectivity index (χ0) is 18.1. The smallest absolute Gasteiger partial charge is 0.226 e. The van der Waals surface area contributed by atoms with Gasteiger partial charge in [0, 0.05) is 31.1 Å². The number of nitrogens with zero attached hydrogens (tertiary/aromatic N) is 5. The minimum atomic E-state index is 0. The molecule has 0 aliphatic carbocycles. The predicted molar refractivity (Wildman–Crippen MR) is 108 cm³/mol. The Morgan fingerprint density at radius 2 is 1.89 bits per heavy atom. The van der Waals surface area contributed by atoms with Gasteiger partial charge in [0.2, 0.25) is 5.89 Å². The van der Waals surface area contributed by atoms with Gasteiger partial charge in [-0.3, -0.25) is 4.90 Å². The van der Waals surface area contributed by atoms with E-state index in [1.54, 1.807) is 6.26 Å². The Morgan fingerprint density at radius 1 is 1.07 bits per heavy atom. The van der Waals surface area contributed by atoms with Crippen LogP contribution in [-0.4, -0.2) is 44.3 Å². The molecule has 2 aliphatic heterocycles. The second kappa shape index (κ2) is 8.43. The van der Waals surface area contributed by atoms with Gasteiger partial charge in [0.25, 0.3) is 0 Å². The van der Waals surface area contributed by atoms with Gasteiger partial charge in [-0.05, 0) is 38.1 Å². The summed E-state index contributed by atoms with van der Waals surface area (Å²) in [5, 5.41) is 12.2. The summed E-state index contributed by atoms with van der Waals surface area (Å²) >= 11 is 0. The quantitative estimate of drug-likeness (QED) is 0.726. The largest absolute Gasteiger partial charge is 0.444 e. The molecule has 1 N–H and O–H groups in total. The van der Waals surface area contributed by atoms with E-state index in [1.165, 1.54) is 5.82 Å². The topological polar surface area (TPSA) is 72.0 Å². The summed E-state index contributed by atoms with van der Waals surface area (Å²) in [4.78, 5) is 7.12. The Hall–Kier alpha value is -2.22. The van der Waals surface area contributed by atoms with Crippen LogP contribution in [0.3, 0.4) is 0 Å². The van der Waals surface area contributed by atoms with Crippen LogP contribution in [0.25, 0.3) is 11.5 Å². The number of hydrogen-bond donors (Lipinski definition) is 1.